The third kappa shape index (κ3) is 6.00. The van der Waals surface area contributed by atoms with E-state index in [9.17, 15) is 9.59 Å². The number of nitrogens with one attached hydrogen (secondary N) is 2. The van der Waals surface area contributed by atoms with Gasteiger partial charge in [-0.3, -0.25) is 9.59 Å². The first kappa shape index (κ1) is 16.9. The lowest BCUT2D eigenvalue weighted by Crippen LogP contribution is -2.52. The minimum Gasteiger partial charge on any atom is -0.481 e. The van der Waals surface area contributed by atoms with E-state index >= 15 is 0 Å². The molecule has 1 atom stereocenters. The third-order valence-electron chi connectivity index (χ3n) is 2.91. The van der Waals surface area contributed by atoms with E-state index in [1.54, 1.807) is 20.9 Å². The smallest absolute Gasteiger partial charge is 0.308 e. The molecule has 0 saturated heterocycles. The van der Waals surface area contributed by atoms with Gasteiger partial charge in [-0.1, -0.05) is 20.8 Å². The van der Waals surface area contributed by atoms with Crippen molar-refractivity contribution in [2.45, 2.75) is 46.6 Å². The number of likely N-dealkylation sites (N-methyl/N-ethyl adjacent to an activating group) is 1. The van der Waals surface area contributed by atoms with E-state index in [1.165, 1.54) is 0 Å². The first-order valence-electron chi connectivity index (χ1n) is 6.19. The first-order chi connectivity index (χ1) is 7.99. The van der Waals surface area contributed by atoms with Gasteiger partial charge in [0.15, 0.2) is 0 Å². The molecule has 0 aliphatic rings. The van der Waals surface area contributed by atoms with Crippen molar-refractivity contribution in [1.29, 1.82) is 0 Å². The Morgan fingerprint density at radius 2 is 1.67 bits per heavy atom. The Morgan fingerprint density at radius 3 is 2.00 bits per heavy atom. The second-order valence-corrected chi connectivity index (χ2v) is 6.38. The molecule has 0 aliphatic carbocycles. The lowest BCUT2D eigenvalue weighted by molar-refractivity contribution is -0.142. The van der Waals surface area contributed by atoms with Crippen LogP contribution in [-0.2, 0) is 9.59 Å². The summed E-state index contributed by atoms with van der Waals surface area (Å²) in [6, 6.07) is 0. The lowest BCUT2D eigenvalue weighted by atomic mass is 9.84. The minimum atomic E-state index is -0.868. The number of carbonyl (C=O) groups excluding carboxylic acids is 1. The summed E-state index contributed by atoms with van der Waals surface area (Å²) in [6.45, 7) is 9.63. The molecule has 0 spiro atoms. The number of carboxylic acid groups (broad SMARTS) is 1. The van der Waals surface area contributed by atoms with Crippen molar-refractivity contribution in [3.05, 3.63) is 0 Å². The van der Waals surface area contributed by atoms with Crippen molar-refractivity contribution in [3.8, 4) is 0 Å². The highest BCUT2D eigenvalue weighted by atomic mass is 16.4. The Balaban J connectivity index is 4.47. The van der Waals surface area contributed by atoms with Crippen LogP contribution in [0.25, 0.3) is 0 Å². The molecule has 106 valence electrons. The third-order valence-corrected chi connectivity index (χ3v) is 2.91. The van der Waals surface area contributed by atoms with Crippen molar-refractivity contribution in [2.24, 2.45) is 11.3 Å². The van der Waals surface area contributed by atoms with Crippen molar-refractivity contribution in [1.82, 2.24) is 10.6 Å². The summed E-state index contributed by atoms with van der Waals surface area (Å²) < 4.78 is 0. The summed E-state index contributed by atoms with van der Waals surface area (Å²) in [5, 5.41) is 14.7. The number of hydrogen-bond acceptors (Lipinski definition) is 3. The van der Waals surface area contributed by atoms with Crippen molar-refractivity contribution in [2.75, 3.05) is 13.6 Å². The second kappa shape index (κ2) is 6.18. The summed E-state index contributed by atoms with van der Waals surface area (Å²) in [5.74, 6) is -1.61. The minimum absolute atomic E-state index is 0.0771. The van der Waals surface area contributed by atoms with Gasteiger partial charge in [0.05, 0.1) is 11.5 Å². The normalized spacial score (nSPS) is 14.1. The topological polar surface area (TPSA) is 78.4 Å². The average molecular weight is 258 g/mol. The van der Waals surface area contributed by atoms with Crippen LogP contribution >= 0.6 is 0 Å². The Labute approximate surface area is 109 Å². The van der Waals surface area contributed by atoms with E-state index in [0.29, 0.717) is 6.42 Å². The molecule has 0 heterocycles. The molecule has 0 aromatic heterocycles. The van der Waals surface area contributed by atoms with Crippen molar-refractivity contribution < 1.29 is 14.7 Å². The van der Waals surface area contributed by atoms with Gasteiger partial charge < -0.3 is 15.7 Å². The number of hydrogen-bond donors (Lipinski definition) is 3. The fraction of sp³-hybridized carbons (Fsp3) is 0.846. The van der Waals surface area contributed by atoms with E-state index < -0.39 is 17.4 Å². The molecule has 1 amide bonds. The molecule has 3 N–H and O–H groups in total. The molecule has 0 fully saturated rings. The molecule has 0 aliphatic heterocycles. The zero-order valence-electron chi connectivity index (χ0n) is 12.3. The van der Waals surface area contributed by atoms with Gasteiger partial charge in [0.1, 0.15) is 0 Å². The van der Waals surface area contributed by atoms with Crippen LogP contribution in [0.4, 0.5) is 0 Å². The lowest BCUT2D eigenvalue weighted by Gasteiger charge is -2.26. The maximum Gasteiger partial charge on any atom is 0.308 e. The summed E-state index contributed by atoms with van der Waals surface area (Å²) in [6.07, 6.45) is 0.530. The van der Waals surface area contributed by atoms with Crippen LogP contribution in [0.1, 0.15) is 41.0 Å². The summed E-state index contributed by atoms with van der Waals surface area (Å²) in [4.78, 5) is 23.0. The van der Waals surface area contributed by atoms with E-state index in [4.69, 9.17) is 5.11 Å². The Morgan fingerprint density at radius 1 is 1.17 bits per heavy atom. The molecular formula is C13H26N2O3. The van der Waals surface area contributed by atoms with E-state index in [1.807, 2.05) is 20.8 Å². The van der Waals surface area contributed by atoms with Gasteiger partial charge in [-0.15, -0.1) is 0 Å². The Hall–Kier alpha value is -1.10. The molecular weight excluding hydrogens is 232 g/mol. The molecule has 0 saturated carbocycles. The van der Waals surface area contributed by atoms with Crippen LogP contribution in [0.15, 0.2) is 0 Å². The molecule has 0 radical (unpaired) electrons. The molecule has 0 aromatic carbocycles. The number of amides is 1. The molecule has 0 bridgehead atoms. The Bertz CT molecular complexity index is 306. The monoisotopic (exact) mass is 258 g/mol. The van der Waals surface area contributed by atoms with Crippen LogP contribution in [0.5, 0.6) is 0 Å². The number of carboxylic acids is 1. The zero-order chi connectivity index (χ0) is 14.6. The van der Waals surface area contributed by atoms with Gasteiger partial charge in [-0.25, -0.2) is 0 Å². The Kier molecular flexibility index (Phi) is 5.80. The van der Waals surface area contributed by atoms with Crippen LogP contribution in [0.2, 0.25) is 0 Å². The number of aliphatic carboxylic acids is 1. The quantitative estimate of drug-likeness (QED) is 0.670. The molecule has 0 rings (SSSR count). The van der Waals surface area contributed by atoms with Gasteiger partial charge >= 0.3 is 5.97 Å². The molecule has 1 unspecified atom stereocenters. The van der Waals surface area contributed by atoms with Crippen molar-refractivity contribution >= 4 is 11.9 Å². The highest BCUT2D eigenvalue weighted by Crippen LogP contribution is 2.24. The van der Waals surface area contributed by atoms with Crippen LogP contribution in [-0.4, -0.2) is 36.1 Å². The van der Waals surface area contributed by atoms with Gasteiger partial charge in [-0.05, 0) is 32.7 Å². The fourth-order valence-electron chi connectivity index (χ4n) is 1.54. The maximum atomic E-state index is 11.8. The number of carbonyl (C=O) groups is 2. The van der Waals surface area contributed by atoms with Gasteiger partial charge in [0.2, 0.25) is 5.91 Å². The summed E-state index contributed by atoms with van der Waals surface area (Å²) >= 11 is 0. The highest BCUT2D eigenvalue weighted by Gasteiger charge is 2.29. The van der Waals surface area contributed by atoms with Crippen LogP contribution in [0, 0.1) is 11.3 Å². The maximum absolute atomic E-state index is 11.8. The SMILES string of the molecule is CNC(C)(C)C(=O)NCC(CC(C)(C)C)C(=O)O. The summed E-state index contributed by atoms with van der Waals surface area (Å²) in [7, 11) is 1.70. The second-order valence-electron chi connectivity index (χ2n) is 6.38. The predicted molar refractivity (Wildman–Crippen MR) is 71.3 cm³/mol. The fourth-order valence-corrected chi connectivity index (χ4v) is 1.54. The van der Waals surface area contributed by atoms with Crippen LogP contribution < -0.4 is 10.6 Å². The number of rotatable bonds is 6. The molecule has 5 nitrogen and oxygen atoms in total. The van der Waals surface area contributed by atoms with Gasteiger partial charge in [0, 0.05) is 6.54 Å². The van der Waals surface area contributed by atoms with E-state index in [0.717, 1.165) is 0 Å². The van der Waals surface area contributed by atoms with Gasteiger partial charge in [0.25, 0.3) is 0 Å². The largest absolute Gasteiger partial charge is 0.481 e. The van der Waals surface area contributed by atoms with E-state index in [2.05, 4.69) is 10.6 Å². The predicted octanol–water partition coefficient (Wildman–Crippen LogP) is 1.24. The highest BCUT2D eigenvalue weighted by molar-refractivity contribution is 5.85. The van der Waals surface area contributed by atoms with Crippen LogP contribution in [0.3, 0.4) is 0 Å². The molecule has 5 heteroatoms. The first-order valence-corrected chi connectivity index (χ1v) is 6.19. The van der Waals surface area contributed by atoms with Crippen molar-refractivity contribution in [3.63, 3.8) is 0 Å². The average Bonchev–Trinajstić information content (AvgIpc) is 2.21. The van der Waals surface area contributed by atoms with E-state index in [-0.39, 0.29) is 17.9 Å². The standard InChI is InChI=1S/C13H26N2O3/c1-12(2,3)7-9(10(16)17)8-15-11(18)13(4,5)14-6/h9,14H,7-8H2,1-6H3,(H,15,18)(H,16,17). The molecule has 0 aromatic rings. The van der Waals surface area contributed by atoms with Gasteiger partial charge in [-0.2, -0.15) is 0 Å². The zero-order valence-corrected chi connectivity index (χ0v) is 12.3. The molecule has 18 heavy (non-hydrogen) atoms. The summed E-state index contributed by atoms with van der Waals surface area (Å²) in [5.41, 5.74) is -0.767.